The van der Waals surface area contributed by atoms with E-state index < -0.39 is 0 Å². The lowest BCUT2D eigenvalue weighted by Crippen LogP contribution is -2.12. The molecule has 2 aromatic carbocycles. The number of carbonyl (C=O) groups excluding carboxylic acids is 1. The molecule has 0 radical (unpaired) electrons. The molecule has 0 spiro atoms. The van der Waals surface area contributed by atoms with E-state index in [0.29, 0.717) is 16.3 Å². The van der Waals surface area contributed by atoms with Crippen molar-refractivity contribution in [3.8, 4) is 0 Å². The zero-order valence-electron chi connectivity index (χ0n) is 9.08. The Bertz CT molecular complexity index is 586. The molecule has 2 aromatic rings. The number of benzene rings is 2. The summed E-state index contributed by atoms with van der Waals surface area (Å²) in [6.07, 6.45) is 0. The van der Waals surface area contributed by atoms with Gasteiger partial charge in [0.25, 0.3) is 5.91 Å². The third-order valence-corrected chi connectivity index (χ3v) is 3.09. The van der Waals surface area contributed by atoms with Crippen molar-refractivity contribution < 1.29 is 9.18 Å². The number of hydrogen-bond acceptors (Lipinski definition) is 1. The molecule has 0 heterocycles. The number of hydrogen-bond donors (Lipinski definition) is 1. The van der Waals surface area contributed by atoms with Crippen LogP contribution in [0.2, 0.25) is 5.02 Å². The summed E-state index contributed by atoms with van der Waals surface area (Å²) in [5.41, 5.74) is 0.879. The van der Waals surface area contributed by atoms with Crippen molar-refractivity contribution in [1.82, 2.24) is 0 Å². The van der Waals surface area contributed by atoms with Gasteiger partial charge in [0.1, 0.15) is 5.82 Å². The summed E-state index contributed by atoms with van der Waals surface area (Å²) in [4.78, 5) is 11.9. The summed E-state index contributed by atoms with van der Waals surface area (Å²) in [5.74, 6) is -0.715. The molecule has 0 aliphatic rings. The zero-order chi connectivity index (χ0) is 13.1. The Balaban J connectivity index is 2.18. The monoisotopic (exact) mass is 327 g/mol. The van der Waals surface area contributed by atoms with Gasteiger partial charge in [0.15, 0.2) is 0 Å². The van der Waals surface area contributed by atoms with Gasteiger partial charge in [-0.1, -0.05) is 27.5 Å². The molecular weight excluding hydrogens is 321 g/mol. The van der Waals surface area contributed by atoms with Crippen molar-refractivity contribution >= 4 is 39.1 Å². The molecule has 0 fully saturated rings. The summed E-state index contributed by atoms with van der Waals surface area (Å²) in [5, 5.41) is 3.09. The van der Waals surface area contributed by atoms with E-state index in [4.69, 9.17) is 11.6 Å². The Hall–Kier alpha value is -1.39. The Morgan fingerprint density at radius 1 is 1.17 bits per heavy atom. The maximum Gasteiger partial charge on any atom is 0.255 e. The van der Waals surface area contributed by atoms with Crippen LogP contribution in [0, 0.1) is 5.82 Å². The molecule has 0 saturated carbocycles. The van der Waals surface area contributed by atoms with Gasteiger partial charge in [0.05, 0.1) is 10.7 Å². The van der Waals surface area contributed by atoms with Gasteiger partial charge in [-0.05, 0) is 42.5 Å². The van der Waals surface area contributed by atoms with Crippen LogP contribution in [0.4, 0.5) is 10.1 Å². The SMILES string of the molecule is O=C(Nc1ccc(Br)cc1Cl)c1ccc(F)cc1. The van der Waals surface area contributed by atoms with Gasteiger partial charge in [0, 0.05) is 10.0 Å². The minimum absolute atomic E-state index is 0.334. The number of nitrogens with one attached hydrogen (secondary N) is 1. The van der Waals surface area contributed by atoms with Crippen molar-refractivity contribution in [2.24, 2.45) is 0 Å². The maximum absolute atomic E-state index is 12.7. The standard InChI is InChI=1S/C13H8BrClFNO/c14-9-3-6-12(11(15)7-9)17-13(18)8-1-4-10(16)5-2-8/h1-7H,(H,17,18). The first-order valence-corrected chi connectivity index (χ1v) is 6.25. The molecule has 0 aliphatic heterocycles. The van der Waals surface area contributed by atoms with Crippen LogP contribution in [0.25, 0.3) is 0 Å². The van der Waals surface area contributed by atoms with Crippen molar-refractivity contribution in [3.63, 3.8) is 0 Å². The van der Waals surface area contributed by atoms with Crippen molar-refractivity contribution in [1.29, 1.82) is 0 Å². The number of halogens is 3. The molecule has 0 unspecified atom stereocenters. The average molecular weight is 329 g/mol. The molecule has 0 aromatic heterocycles. The molecule has 1 amide bonds. The largest absolute Gasteiger partial charge is 0.321 e. The van der Waals surface area contributed by atoms with Gasteiger partial charge in [-0.25, -0.2) is 4.39 Å². The van der Waals surface area contributed by atoms with Crippen LogP contribution in [-0.4, -0.2) is 5.91 Å². The molecule has 18 heavy (non-hydrogen) atoms. The molecule has 0 aliphatic carbocycles. The van der Waals surface area contributed by atoms with E-state index in [-0.39, 0.29) is 11.7 Å². The highest BCUT2D eigenvalue weighted by Gasteiger charge is 2.08. The normalized spacial score (nSPS) is 10.2. The van der Waals surface area contributed by atoms with Crippen molar-refractivity contribution in [2.75, 3.05) is 5.32 Å². The lowest BCUT2D eigenvalue weighted by molar-refractivity contribution is 0.102. The van der Waals surface area contributed by atoms with Crippen LogP contribution in [0.15, 0.2) is 46.9 Å². The Labute approximate surface area is 117 Å². The van der Waals surface area contributed by atoms with Gasteiger partial charge in [-0.2, -0.15) is 0 Å². The van der Waals surface area contributed by atoms with Crippen molar-refractivity contribution in [3.05, 3.63) is 63.3 Å². The van der Waals surface area contributed by atoms with Gasteiger partial charge in [-0.15, -0.1) is 0 Å². The average Bonchev–Trinajstić information content (AvgIpc) is 2.33. The summed E-state index contributed by atoms with van der Waals surface area (Å²) >= 11 is 9.26. The second-order valence-corrected chi connectivity index (χ2v) is 4.91. The summed E-state index contributed by atoms with van der Waals surface area (Å²) in [6.45, 7) is 0. The second kappa shape index (κ2) is 5.50. The highest BCUT2D eigenvalue weighted by atomic mass is 79.9. The molecule has 0 atom stereocenters. The first-order chi connectivity index (χ1) is 8.56. The van der Waals surface area contributed by atoms with E-state index in [2.05, 4.69) is 21.2 Å². The molecule has 2 nitrogen and oxygen atoms in total. The smallest absolute Gasteiger partial charge is 0.255 e. The van der Waals surface area contributed by atoms with Gasteiger partial charge in [-0.3, -0.25) is 4.79 Å². The molecular formula is C13H8BrClFNO. The van der Waals surface area contributed by atoms with Crippen LogP contribution in [0.3, 0.4) is 0 Å². The minimum Gasteiger partial charge on any atom is -0.321 e. The van der Waals surface area contributed by atoms with Crippen LogP contribution >= 0.6 is 27.5 Å². The fourth-order valence-corrected chi connectivity index (χ4v) is 2.11. The lowest BCUT2D eigenvalue weighted by Gasteiger charge is -2.07. The molecule has 2 rings (SSSR count). The van der Waals surface area contributed by atoms with Crippen LogP contribution in [0.1, 0.15) is 10.4 Å². The zero-order valence-corrected chi connectivity index (χ0v) is 11.4. The highest BCUT2D eigenvalue weighted by Crippen LogP contribution is 2.26. The Morgan fingerprint density at radius 3 is 2.44 bits per heavy atom. The molecule has 0 bridgehead atoms. The van der Waals surface area contributed by atoms with E-state index in [1.807, 2.05) is 0 Å². The number of carbonyl (C=O) groups is 1. The molecule has 92 valence electrons. The fourth-order valence-electron chi connectivity index (χ4n) is 1.39. The lowest BCUT2D eigenvalue weighted by atomic mass is 10.2. The number of amides is 1. The highest BCUT2D eigenvalue weighted by molar-refractivity contribution is 9.10. The number of rotatable bonds is 2. The van der Waals surface area contributed by atoms with E-state index in [0.717, 1.165) is 4.47 Å². The van der Waals surface area contributed by atoms with Crippen LogP contribution < -0.4 is 5.32 Å². The van der Waals surface area contributed by atoms with Gasteiger partial charge in [0.2, 0.25) is 0 Å². The van der Waals surface area contributed by atoms with E-state index in [1.54, 1.807) is 18.2 Å². The molecule has 5 heteroatoms. The third kappa shape index (κ3) is 3.09. The van der Waals surface area contributed by atoms with E-state index >= 15 is 0 Å². The predicted molar refractivity (Wildman–Crippen MR) is 73.5 cm³/mol. The Kier molecular flexibility index (Phi) is 3.99. The quantitative estimate of drug-likeness (QED) is 0.864. The maximum atomic E-state index is 12.7. The number of anilines is 1. The summed E-state index contributed by atoms with van der Waals surface area (Å²) in [7, 11) is 0. The third-order valence-electron chi connectivity index (χ3n) is 2.29. The van der Waals surface area contributed by atoms with Crippen molar-refractivity contribution in [2.45, 2.75) is 0 Å². The van der Waals surface area contributed by atoms with Gasteiger partial charge < -0.3 is 5.32 Å². The van der Waals surface area contributed by atoms with Crippen LogP contribution in [0.5, 0.6) is 0 Å². The summed E-state index contributed by atoms with van der Waals surface area (Å²) < 4.78 is 13.6. The molecule has 0 saturated heterocycles. The van der Waals surface area contributed by atoms with Crippen LogP contribution in [-0.2, 0) is 0 Å². The predicted octanol–water partition coefficient (Wildman–Crippen LogP) is 4.49. The summed E-state index contributed by atoms with van der Waals surface area (Å²) in [6, 6.07) is 10.4. The molecule has 1 N–H and O–H groups in total. The topological polar surface area (TPSA) is 29.1 Å². The first kappa shape index (κ1) is 13.1. The van der Waals surface area contributed by atoms with Gasteiger partial charge >= 0.3 is 0 Å². The Morgan fingerprint density at radius 2 is 1.83 bits per heavy atom. The fraction of sp³-hybridized carbons (Fsp3) is 0. The minimum atomic E-state index is -0.381. The van der Waals surface area contributed by atoms with E-state index in [9.17, 15) is 9.18 Å². The first-order valence-electron chi connectivity index (χ1n) is 5.08. The van der Waals surface area contributed by atoms with E-state index in [1.165, 1.54) is 24.3 Å². The second-order valence-electron chi connectivity index (χ2n) is 3.59.